The Kier molecular flexibility index (Phi) is 9.12. The highest BCUT2D eigenvalue weighted by Crippen LogP contribution is 2.07. The number of halogens is 1. The number of amides is 1. The first kappa shape index (κ1) is 22.0. The van der Waals surface area contributed by atoms with Crippen LogP contribution in [0.3, 0.4) is 0 Å². The minimum atomic E-state index is 0. The summed E-state index contributed by atoms with van der Waals surface area (Å²) < 4.78 is 0. The zero-order chi connectivity index (χ0) is 18.2. The third kappa shape index (κ3) is 6.33. The molecule has 0 saturated carbocycles. The fourth-order valence-corrected chi connectivity index (χ4v) is 2.42. The highest BCUT2D eigenvalue weighted by Gasteiger charge is 2.07. The molecule has 0 saturated heterocycles. The lowest BCUT2D eigenvalue weighted by molar-refractivity contribution is 0.0827. The normalized spacial score (nSPS) is 10.7. The molecule has 2 rings (SSSR count). The lowest BCUT2D eigenvalue weighted by Gasteiger charge is -2.14. The van der Waals surface area contributed by atoms with Crippen LogP contribution in [0.5, 0.6) is 0 Å². The Morgan fingerprint density at radius 3 is 2.19 bits per heavy atom. The van der Waals surface area contributed by atoms with Gasteiger partial charge in [0.1, 0.15) is 0 Å². The van der Waals surface area contributed by atoms with Gasteiger partial charge < -0.3 is 15.5 Å². The van der Waals surface area contributed by atoms with Crippen molar-refractivity contribution in [3.63, 3.8) is 0 Å². The van der Waals surface area contributed by atoms with Crippen LogP contribution in [0.15, 0.2) is 53.5 Å². The second kappa shape index (κ2) is 10.8. The minimum absolute atomic E-state index is 0. The van der Waals surface area contributed by atoms with Gasteiger partial charge in [0.2, 0.25) is 0 Å². The maximum atomic E-state index is 11.9. The van der Waals surface area contributed by atoms with Gasteiger partial charge >= 0.3 is 0 Å². The first-order chi connectivity index (χ1) is 12.0. The minimum Gasteiger partial charge on any atom is -0.352 e. The van der Waals surface area contributed by atoms with Crippen LogP contribution in [0.25, 0.3) is 0 Å². The van der Waals surface area contributed by atoms with Gasteiger partial charge in [-0.1, -0.05) is 36.4 Å². The van der Waals surface area contributed by atoms with Gasteiger partial charge in [-0.05, 0) is 35.7 Å². The van der Waals surface area contributed by atoms with Crippen molar-refractivity contribution in [2.75, 3.05) is 21.1 Å². The van der Waals surface area contributed by atoms with Crippen LogP contribution >= 0.6 is 24.0 Å². The molecule has 0 aliphatic heterocycles. The van der Waals surface area contributed by atoms with Crippen molar-refractivity contribution < 1.29 is 4.79 Å². The highest BCUT2D eigenvalue weighted by molar-refractivity contribution is 14.0. The van der Waals surface area contributed by atoms with Crippen molar-refractivity contribution in [2.45, 2.75) is 20.0 Å². The second-order valence-corrected chi connectivity index (χ2v) is 6.10. The van der Waals surface area contributed by atoms with Gasteiger partial charge in [-0.15, -0.1) is 24.0 Å². The van der Waals surface area contributed by atoms with E-state index in [1.807, 2.05) is 36.4 Å². The van der Waals surface area contributed by atoms with Gasteiger partial charge in [0.15, 0.2) is 5.96 Å². The number of hydrogen-bond acceptors (Lipinski definition) is 2. The number of benzene rings is 2. The number of nitrogens with zero attached hydrogens (tertiary/aromatic N) is 2. The van der Waals surface area contributed by atoms with E-state index in [0.29, 0.717) is 12.1 Å². The van der Waals surface area contributed by atoms with Gasteiger partial charge in [0, 0.05) is 39.8 Å². The molecule has 0 aromatic heterocycles. The maximum Gasteiger partial charge on any atom is 0.253 e. The summed E-state index contributed by atoms with van der Waals surface area (Å²) in [5.74, 6) is 0.756. The Morgan fingerprint density at radius 2 is 1.62 bits per heavy atom. The molecule has 2 N–H and O–H groups in total. The van der Waals surface area contributed by atoms with E-state index < -0.39 is 0 Å². The van der Waals surface area contributed by atoms with Crippen LogP contribution in [0.4, 0.5) is 0 Å². The van der Waals surface area contributed by atoms with Crippen LogP contribution in [-0.4, -0.2) is 37.9 Å². The first-order valence-electron chi connectivity index (χ1n) is 8.31. The molecule has 0 aliphatic rings. The summed E-state index contributed by atoms with van der Waals surface area (Å²) in [7, 11) is 5.26. The monoisotopic (exact) mass is 466 g/mol. The van der Waals surface area contributed by atoms with Gasteiger partial charge in [-0.3, -0.25) is 9.79 Å². The third-order valence-electron chi connectivity index (χ3n) is 4.00. The largest absolute Gasteiger partial charge is 0.352 e. The summed E-state index contributed by atoms with van der Waals surface area (Å²) in [6.45, 7) is 3.47. The summed E-state index contributed by atoms with van der Waals surface area (Å²) in [5, 5.41) is 6.61. The number of guanidine groups is 1. The fourth-order valence-electron chi connectivity index (χ4n) is 2.42. The highest BCUT2D eigenvalue weighted by atomic mass is 127. The molecule has 0 aliphatic carbocycles. The van der Waals surface area contributed by atoms with Gasteiger partial charge in [0.25, 0.3) is 5.91 Å². The molecule has 6 heteroatoms. The van der Waals surface area contributed by atoms with Crippen molar-refractivity contribution in [3.05, 3.63) is 70.8 Å². The molecule has 2 aromatic carbocycles. The Balaban J connectivity index is 0.00000338. The molecule has 0 atom stereocenters. The third-order valence-corrected chi connectivity index (χ3v) is 4.00. The number of aliphatic imine (C=N–C) groups is 1. The molecular weight excluding hydrogens is 439 g/mol. The molecule has 1 amide bonds. The number of rotatable bonds is 5. The lowest BCUT2D eigenvalue weighted by atomic mass is 10.1. The standard InChI is InChI=1S/C20H26N4O.HI/c1-15-7-5-6-8-18(15)14-23-20(21-2)22-13-16-9-11-17(12-10-16)19(25)24(3)4;/h5-12H,13-14H2,1-4H3,(H2,21,22,23);1H. The van der Waals surface area contributed by atoms with Crippen molar-refractivity contribution >= 4 is 35.8 Å². The summed E-state index contributed by atoms with van der Waals surface area (Å²) in [5.41, 5.74) is 4.29. The predicted octanol–water partition coefficient (Wildman–Crippen LogP) is 3.18. The van der Waals surface area contributed by atoms with Gasteiger partial charge in [0.05, 0.1) is 0 Å². The second-order valence-electron chi connectivity index (χ2n) is 6.10. The van der Waals surface area contributed by atoms with E-state index in [0.717, 1.165) is 18.1 Å². The van der Waals surface area contributed by atoms with Crippen LogP contribution in [0.2, 0.25) is 0 Å². The van der Waals surface area contributed by atoms with E-state index in [4.69, 9.17) is 0 Å². The van der Waals surface area contributed by atoms with Crippen LogP contribution in [-0.2, 0) is 13.1 Å². The Bertz CT molecular complexity index is 742. The smallest absolute Gasteiger partial charge is 0.253 e. The molecule has 0 heterocycles. The van der Waals surface area contributed by atoms with E-state index >= 15 is 0 Å². The van der Waals surface area contributed by atoms with E-state index in [1.165, 1.54) is 11.1 Å². The summed E-state index contributed by atoms with van der Waals surface area (Å²) in [4.78, 5) is 17.7. The molecule has 26 heavy (non-hydrogen) atoms. The van der Waals surface area contributed by atoms with Crippen LogP contribution < -0.4 is 10.6 Å². The molecule has 0 radical (unpaired) electrons. The van der Waals surface area contributed by atoms with E-state index in [1.54, 1.807) is 26.0 Å². The summed E-state index contributed by atoms with van der Waals surface area (Å²) in [6.07, 6.45) is 0. The van der Waals surface area contributed by atoms with Crippen LogP contribution in [0.1, 0.15) is 27.0 Å². The summed E-state index contributed by atoms with van der Waals surface area (Å²) >= 11 is 0. The van der Waals surface area contributed by atoms with Crippen molar-refractivity contribution in [2.24, 2.45) is 4.99 Å². The number of carbonyl (C=O) groups excluding carboxylic acids is 1. The van der Waals surface area contributed by atoms with E-state index in [2.05, 4.69) is 34.7 Å². The Labute approximate surface area is 172 Å². The number of nitrogens with one attached hydrogen (secondary N) is 2. The average Bonchev–Trinajstić information content (AvgIpc) is 2.63. The zero-order valence-electron chi connectivity index (χ0n) is 15.7. The van der Waals surface area contributed by atoms with Crippen molar-refractivity contribution in [1.82, 2.24) is 15.5 Å². The molecule has 140 valence electrons. The fraction of sp³-hybridized carbons (Fsp3) is 0.300. The number of carbonyl (C=O) groups is 1. The first-order valence-corrected chi connectivity index (χ1v) is 8.31. The molecule has 5 nitrogen and oxygen atoms in total. The topological polar surface area (TPSA) is 56.7 Å². The lowest BCUT2D eigenvalue weighted by Crippen LogP contribution is -2.36. The molecule has 2 aromatic rings. The Hall–Kier alpha value is -2.09. The van der Waals surface area contributed by atoms with Gasteiger partial charge in [-0.2, -0.15) is 0 Å². The SMILES string of the molecule is CN=C(NCc1ccc(C(=O)N(C)C)cc1)NCc1ccccc1C.I. The number of hydrogen-bond donors (Lipinski definition) is 2. The van der Waals surface area contributed by atoms with E-state index in [-0.39, 0.29) is 29.9 Å². The quantitative estimate of drug-likeness (QED) is 0.405. The molecule has 0 spiro atoms. The Morgan fingerprint density at radius 1 is 1.00 bits per heavy atom. The number of aryl methyl sites for hydroxylation is 1. The van der Waals surface area contributed by atoms with Crippen molar-refractivity contribution in [1.29, 1.82) is 0 Å². The average molecular weight is 466 g/mol. The van der Waals surface area contributed by atoms with E-state index in [9.17, 15) is 4.79 Å². The maximum absolute atomic E-state index is 11.9. The molecule has 0 fully saturated rings. The van der Waals surface area contributed by atoms with Gasteiger partial charge in [-0.25, -0.2) is 0 Å². The predicted molar refractivity (Wildman–Crippen MR) is 118 cm³/mol. The molecule has 0 unspecified atom stereocenters. The molecular formula is C20H27IN4O. The summed E-state index contributed by atoms with van der Waals surface area (Å²) in [6, 6.07) is 15.9. The zero-order valence-corrected chi connectivity index (χ0v) is 18.1. The molecule has 0 bridgehead atoms. The van der Waals surface area contributed by atoms with Crippen LogP contribution in [0, 0.1) is 6.92 Å². The van der Waals surface area contributed by atoms with Crippen molar-refractivity contribution in [3.8, 4) is 0 Å².